The van der Waals surface area contributed by atoms with Gasteiger partial charge in [-0.15, -0.1) is 0 Å². The summed E-state index contributed by atoms with van der Waals surface area (Å²) in [5.74, 6) is -2.68. The van der Waals surface area contributed by atoms with Gasteiger partial charge < -0.3 is 48.6 Å². The first-order valence-corrected chi connectivity index (χ1v) is 14.3. The molecule has 1 fully saturated rings. The maximum atomic E-state index is 13.4. The van der Waals surface area contributed by atoms with Crippen molar-refractivity contribution in [2.45, 2.75) is 75.5 Å². The van der Waals surface area contributed by atoms with E-state index in [4.69, 9.17) is 22.9 Å². The van der Waals surface area contributed by atoms with Gasteiger partial charge in [0.05, 0.1) is 6.04 Å². The van der Waals surface area contributed by atoms with E-state index in [0.29, 0.717) is 58.2 Å². The van der Waals surface area contributed by atoms with Crippen LogP contribution >= 0.6 is 0 Å². The molecule has 4 unspecified atom stereocenters. The van der Waals surface area contributed by atoms with E-state index in [9.17, 15) is 24.3 Å². The van der Waals surface area contributed by atoms with E-state index < -0.39 is 42.0 Å². The van der Waals surface area contributed by atoms with Gasteiger partial charge in [-0.05, 0) is 63.1 Å². The number of carboxylic acids is 1. The molecular formula is C28H43N9O5. The number of carbonyl (C=O) groups is 4. The van der Waals surface area contributed by atoms with Gasteiger partial charge in [-0.2, -0.15) is 0 Å². The molecule has 1 aromatic heterocycles. The second-order valence-corrected chi connectivity index (χ2v) is 10.6. The molecule has 0 aliphatic carbocycles. The molecule has 14 heteroatoms. The molecule has 2 heterocycles. The Morgan fingerprint density at radius 2 is 1.83 bits per heavy atom. The van der Waals surface area contributed by atoms with Crippen molar-refractivity contribution in [1.82, 2.24) is 20.5 Å². The molecule has 0 spiro atoms. The summed E-state index contributed by atoms with van der Waals surface area (Å²) in [6.45, 7) is 1.12. The van der Waals surface area contributed by atoms with Gasteiger partial charge in [0.25, 0.3) is 0 Å². The van der Waals surface area contributed by atoms with Crippen LogP contribution in [0.15, 0.2) is 35.5 Å². The number of rotatable bonds is 16. The third kappa shape index (κ3) is 8.91. The van der Waals surface area contributed by atoms with Crippen LogP contribution < -0.4 is 33.6 Å². The van der Waals surface area contributed by atoms with Gasteiger partial charge in [0.2, 0.25) is 17.7 Å². The van der Waals surface area contributed by atoms with Crippen LogP contribution in [0.4, 0.5) is 0 Å². The molecule has 0 saturated carbocycles. The highest BCUT2D eigenvalue weighted by Gasteiger charge is 2.37. The first kappa shape index (κ1) is 32.3. The number of hydrogen-bond donors (Lipinski definition) is 8. The van der Waals surface area contributed by atoms with Crippen molar-refractivity contribution in [1.29, 1.82) is 0 Å². The Kier molecular flexibility index (Phi) is 12.1. The zero-order valence-electron chi connectivity index (χ0n) is 23.8. The fourth-order valence-electron chi connectivity index (χ4n) is 5.18. The van der Waals surface area contributed by atoms with E-state index in [1.54, 1.807) is 6.20 Å². The molecule has 42 heavy (non-hydrogen) atoms. The number of carboxylic acid groups (broad SMARTS) is 1. The number of aromatic nitrogens is 1. The zero-order chi connectivity index (χ0) is 30.6. The molecular weight excluding hydrogens is 542 g/mol. The molecule has 230 valence electrons. The van der Waals surface area contributed by atoms with Crippen LogP contribution in [0.3, 0.4) is 0 Å². The number of nitrogens with one attached hydrogen (secondary N) is 3. The number of amides is 3. The number of likely N-dealkylation sites (tertiary alicyclic amines) is 1. The summed E-state index contributed by atoms with van der Waals surface area (Å²) >= 11 is 0. The van der Waals surface area contributed by atoms with E-state index >= 15 is 0 Å². The number of benzene rings is 1. The fraction of sp³-hybridized carbons (Fsp3) is 0.536. The molecule has 12 N–H and O–H groups in total. The minimum atomic E-state index is -1.22. The number of H-pyrrole nitrogens is 1. The number of para-hydroxylation sites is 1. The number of aliphatic imine (C=N–C) groups is 1. The Morgan fingerprint density at radius 3 is 2.55 bits per heavy atom. The lowest BCUT2D eigenvalue weighted by molar-refractivity contribution is -0.143. The molecule has 4 atom stereocenters. The van der Waals surface area contributed by atoms with Crippen molar-refractivity contribution < 1.29 is 24.3 Å². The summed E-state index contributed by atoms with van der Waals surface area (Å²) in [7, 11) is 0. The first-order chi connectivity index (χ1) is 20.1. The number of fused-ring (bicyclic) bond motifs is 1. The van der Waals surface area contributed by atoms with Gasteiger partial charge >= 0.3 is 5.97 Å². The smallest absolute Gasteiger partial charge is 0.326 e. The standard InChI is InChI=1S/C28H43N9O5/c29-12-4-3-10-21(24(38)36-22(27(41)42)15-17-16-34-20-9-2-1-7-18(17)20)35-25(39)23-11-6-14-37(23)26(40)19(30)8-5-13-33-28(31)32/h1-2,7,9,16,19,21-23,34H,3-6,8,10-15,29-30H2,(H,35,39)(H,36,38)(H,41,42)(H4,31,32,33). The molecule has 1 aromatic carbocycles. The molecule has 3 rings (SSSR count). The highest BCUT2D eigenvalue weighted by Crippen LogP contribution is 2.21. The van der Waals surface area contributed by atoms with Gasteiger partial charge in [0.15, 0.2) is 5.96 Å². The van der Waals surface area contributed by atoms with Crippen molar-refractivity contribution >= 4 is 40.6 Å². The highest BCUT2D eigenvalue weighted by atomic mass is 16.4. The van der Waals surface area contributed by atoms with Crippen molar-refractivity contribution in [2.24, 2.45) is 27.9 Å². The average molecular weight is 586 g/mol. The van der Waals surface area contributed by atoms with Gasteiger partial charge in [-0.1, -0.05) is 18.2 Å². The number of nitrogens with zero attached hydrogens (tertiary/aromatic N) is 2. The van der Waals surface area contributed by atoms with Crippen LogP contribution in [-0.4, -0.2) is 88.4 Å². The van der Waals surface area contributed by atoms with E-state index in [0.717, 1.165) is 16.5 Å². The largest absolute Gasteiger partial charge is 0.480 e. The predicted octanol–water partition coefficient (Wildman–Crippen LogP) is -0.734. The Bertz CT molecular complexity index is 1260. The maximum Gasteiger partial charge on any atom is 0.326 e. The van der Waals surface area contributed by atoms with Gasteiger partial charge in [0.1, 0.15) is 18.1 Å². The quantitative estimate of drug-likeness (QED) is 0.0701. The second kappa shape index (κ2) is 15.7. The van der Waals surface area contributed by atoms with E-state index in [-0.39, 0.29) is 24.7 Å². The molecule has 1 saturated heterocycles. The Morgan fingerprint density at radius 1 is 1.07 bits per heavy atom. The Labute approximate surface area is 244 Å². The summed E-state index contributed by atoms with van der Waals surface area (Å²) in [4.78, 5) is 60.3. The Balaban J connectivity index is 1.66. The van der Waals surface area contributed by atoms with Crippen LogP contribution in [0.1, 0.15) is 50.5 Å². The van der Waals surface area contributed by atoms with Gasteiger partial charge in [-0.25, -0.2) is 4.79 Å². The summed E-state index contributed by atoms with van der Waals surface area (Å²) in [5, 5.41) is 16.1. The van der Waals surface area contributed by atoms with Crippen LogP contribution in [0.5, 0.6) is 0 Å². The summed E-state index contributed by atoms with van der Waals surface area (Å²) in [5.41, 5.74) is 24.0. The lowest BCUT2D eigenvalue weighted by Crippen LogP contribution is -2.56. The molecule has 1 aliphatic rings. The fourth-order valence-corrected chi connectivity index (χ4v) is 5.18. The van der Waals surface area contributed by atoms with E-state index in [1.807, 2.05) is 24.3 Å². The second-order valence-electron chi connectivity index (χ2n) is 10.6. The monoisotopic (exact) mass is 585 g/mol. The topological polar surface area (TPSA) is 248 Å². The average Bonchev–Trinajstić information content (AvgIpc) is 3.61. The number of carbonyl (C=O) groups excluding carboxylic acids is 3. The summed E-state index contributed by atoms with van der Waals surface area (Å²) in [6.07, 6.45) is 5.10. The third-order valence-corrected chi connectivity index (χ3v) is 7.42. The molecule has 14 nitrogen and oxygen atoms in total. The van der Waals surface area contributed by atoms with Crippen molar-refractivity contribution in [3.8, 4) is 0 Å². The molecule has 1 aliphatic heterocycles. The van der Waals surface area contributed by atoms with Crippen molar-refractivity contribution in [3.63, 3.8) is 0 Å². The van der Waals surface area contributed by atoms with Gasteiger partial charge in [0, 0.05) is 36.6 Å². The number of nitrogens with two attached hydrogens (primary N) is 4. The summed E-state index contributed by atoms with van der Waals surface area (Å²) < 4.78 is 0. The van der Waals surface area contributed by atoms with E-state index in [2.05, 4.69) is 20.6 Å². The first-order valence-electron chi connectivity index (χ1n) is 14.3. The minimum absolute atomic E-state index is 0.0381. The number of aliphatic carboxylic acids is 1. The van der Waals surface area contributed by atoms with Gasteiger partial charge in [-0.3, -0.25) is 19.4 Å². The SMILES string of the molecule is NCCCCC(NC(=O)C1CCCN1C(=O)C(N)CCCN=C(N)N)C(=O)NC(Cc1c[nH]c2ccccc12)C(=O)O. The lowest BCUT2D eigenvalue weighted by Gasteiger charge is -2.28. The van der Waals surface area contributed by atoms with E-state index in [1.165, 1.54) is 4.90 Å². The third-order valence-electron chi connectivity index (χ3n) is 7.42. The number of hydrogen-bond acceptors (Lipinski definition) is 7. The zero-order valence-corrected chi connectivity index (χ0v) is 23.8. The molecule has 0 radical (unpaired) electrons. The highest BCUT2D eigenvalue weighted by molar-refractivity contribution is 5.94. The minimum Gasteiger partial charge on any atom is -0.480 e. The lowest BCUT2D eigenvalue weighted by atomic mass is 10.0. The van der Waals surface area contributed by atoms with Crippen LogP contribution in [0.2, 0.25) is 0 Å². The number of unbranched alkanes of at least 4 members (excludes halogenated alkanes) is 1. The normalized spacial score (nSPS) is 16.9. The molecule has 3 amide bonds. The predicted molar refractivity (Wildman–Crippen MR) is 159 cm³/mol. The summed E-state index contributed by atoms with van der Waals surface area (Å²) in [6, 6.07) is 3.66. The molecule has 0 bridgehead atoms. The van der Waals surface area contributed by atoms with Crippen LogP contribution in [0.25, 0.3) is 10.9 Å². The number of guanidine groups is 1. The maximum absolute atomic E-state index is 13.4. The van der Waals surface area contributed by atoms with Crippen LogP contribution in [0, 0.1) is 0 Å². The van der Waals surface area contributed by atoms with Crippen molar-refractivity contribution in [2.75, 3.05) is 19.6 Å². The van der Waals surface area contributed by atoms with Crippen LogP contribution in [-0.2, 0) is 25.6 Å². The molecule has 2 aromatic rings. The Hall–Kier alpha value is -4.17. The van der Waals surface area contributed by atoms with Crippen molar-refractivity contribution in [3.05, 3.63) is 36.0 Å². The number of aromatic amines is 1.